The minimum atomic E-state index is 0.450. The average molecular weight is 280 g/mol. The molecule has 0 aromatic carbocycles. The minimum absolute atomic E-state index is 0.450. The van der Waals surface area contributed by atoms with Crippen molar-refractivity contribution >= 4 is 0 Å². The second kappa shape index (κ2) is 5.91. The van der Waals surface area contributed by atoms with Crippen LogP contribution in [0.25, 0.3) is 0 Å². The lowest BCUT2D eigenvalue weighted by Gasteiger charge is -2.48. The predicted octanol–water partition coefficient (Wildman–Crippen LogP) is 0.839. The fourth-order valence-corrected chi connectivity index (χ4v) is 4.29. The molecule has 0 bridgehead atoms. The molecule has 0 aromatic heterocycles. The predicted molar refractivity (Wildman–Crippen MR) is 84.2 cm³/mol. The SMILES string of the molecule is CC1CNC2(CCCC2)CN1CC1CN(C)CCN1C. The quantitative estimate of drug-likeness (QED) is 0.809. The van der Waals surface area contributed by atoms with Crippen molar-refractivity contribution in [3.05, 3.63) is 0 Å². The molecular formula is C16H32N4. The maximum atomic E-state index is 3.87. The number of hydrogen-bond donors (Lipinski definition) is 1. The van der Waals surface area contributed by atoms with Crippen LogP contribution in [-0.2, 0) is 0 Å². The third kappa shape index (κ3) is 3.03. The molecule has 3 aliphatic rings. The van der Waals surface area contributed by atoms with Crippen molar-refractivity contribution in [1.82, 2.24) is 20.0 Å². The van der Waals surface area contributed by atoms with Crippen molar-refractivity contribution < 1.29 is 0 Å². The molecule has 2 heterocycles. The lowest BCUT2D eigenvalue weighted by atomic mass is 9.92. The van der Waals surface area contributed by atoms with Crippen LogP contribution < -0.4 is 5.32 Å². The van der Waals surface area contributed by atoms with Crippen LogP contribution in [0, 0.1) is 0 Å². The molecule has 20 heavy (non-hydrogen) atoms. The van der Waals surface area contributed by atoms with E-state index in [9.17, 15) is 0 Å². The minimum Gasteiger partial charge on any atom is -0.308 e. The summed E-state index contributed by atoms with van der Waals surface area (Å²) in [5.41, 5.74) is 0.450. The van der Waals surface area contributed by atoms with Crippen LogP contribution in [0.1, 0.15) is 32.6 Å². The second-order valence-corrected chi connectivity index (χ2v) is 7.54. The van der Waals surface area contributed by atoms with E-state index in [1.54, 1.807) is 0 Å². The molecule has 3 fully saturated rings. The Morgan fingerprint density at radius 2 is 1.90 bits per heavy atom. The highest BCUT2D eigenvalue weighted by Gasteiger charge is 2.40. The van der Waals surface area contributed by atoms with Crippen LogP contribution in [0.5, 0.6) is 0 Å². The molecular weight excluding hydrogens is 248 g/mol. The van der Waals surface area contributed by atoms with Crippen LogP contribution >= 0.6 is 0 Å². The Labute approximate surface area is 124 Å². The van der Waals surface area contributed by atoms with Crippen LogP contribution in [-0.4, -0.2) is 85.7 Å². The molecule has 2 atom stereocenters. The molecule has 1 saturated carbocycles. The van der Waals surface area contributed by atoms with E-state index in [1.165, 1.54) is 65.0 Å². The Hall–Kier alpha value is -0.160. The second-order valence-electron chi connectivity index (χ2n) is 7.54. The van der Waals surface area contributed by atoms with Crippen molar-refractivity contribution in [2.45, 2.75) is 50.2 Å². The standard InChI is InChI=1S/C16H32N4/c1-14-10-17-16(6-4-5-7-16)13-20(14)12-15-11-18(2)8-9-19(15)3/h14-15,17H,4-13H2,1-3H3. The van der Waals surface area contributed by atoms with Gasteiger partial charge in [-0.25, -0.2) is 0 Å². The van der Waals surface area contributed by atoms with Gasteiger partial charge in [-0.1, -0.05) is 12.8 Å². The zero-order valence-electron chi connectivity index (χ0n) is 13.6. The number of nitrogens with one attached hydrogen (secondary N) is 1. The van der Waals surface area contributed by atoms with E-state index in [-0.39, 0.29) is 0 Å². The van der Waals surface area contributed by atoms with Crippen molar-refractivity contribution in [3.8, 4) is 0 Å². The van der Waals surface area contributed by atoms with E-state index in [0.717, 1.165) is 0 Å². The first-order valence-electron chi connectivity index (χ1n) is 8.46. The van der Waals surface area contributed by atoms with Gasteiger partial charge >= 0.3 is 0 Å². The Morgan fingerprint density at radius 3 is 2.65 bits per heavy atom. The molecule has 2 aliphatic heterocycles. The summed E-state index contributed by atoms with van der Waals surface area (Å²) in [6.07, 6.45) is 5.61. The van der Waals surface area contributed by atoms with Crippen molar-refractivity contribution in [3.63, 3.8) is 0 Å². The fraction of sp³-hybridized carbons (Fsp3) is 1.00. The molecule has 3 rings (SSSR count). The Balaban J connectivity index is 1.62. The van der Waals surface area contributed by atoms with Gasteiger partial charge in [0.15, 0.2) is 0 Å². The summed E-state index contributed by atoms with van der Waals surface area (Å²) in [4.78, 5) is 7.82. The van der Waals surface area contributed by atoms with Gasteiger partial charge in [-0.2, -0.15) is 0 Å². The van der Waals surface area contributed by atoms with Gasteiger partial charge in [-0.3, -0.25) is 9.80 Å². The van der Waals surface area contributed by atoms with E-state index in [4.69, 9.17) is 0 Å². The molecule has 4 nitrogen and oxygen atoms in total. The lowest BCUT2D eigenvalue weighted by molar-refractivity contribution is 0.0343. The van der Waals surface area contributed by atoms with Crippen molar-refractivity contribution in [1.29, 1.82) is 0 Å². The third-order valence-corrected chi connectivity index (χ3v) is 5.89. The van der Waals surface area contributed by atoms with E-state index in [1.807, 2.05) is 0 Å². The van der Waals surface area contributed by atoms with Gasteiger partial charge in [-0.05, 0) is 33.9 Å². The molecule has 4 heteroatoms. The number of piperazine rings is 2. The van der Waals surface area contributed by atoms with Gasteiger partial charge in [0.1, 0.15) is 0 Å². The molecule has 0 amide bonds. The maximum absolute atomic E-state index is 3.87. The number of likely N-dealkylation sites (N-methyl/N-ethyl adjacent to an activating group) is 2. The van der Waals surface area contributed by atoms with Crippen LogP contribution in [0.15, 0.2) is 0 Å². The molecule has 116 valence electrons. The van der Waals surface area contributed by atoms with Gasteiger partial charge in [0.05, 0.1) is 0 Å². The Bertz CT molecular complexity index is 326. The number of nitrogens with zero attached hydrogens (tertiary/aromatic N) is 3. The zero-order valence-corrected chi connectivity index (χ0v) is 13.6. The maximum Gasteiger partial charge on any atom is 0.0347 e. The topological polar surface area (TPSA) is 21.8 Å². The molecule has 0 radical (unpaired) electrons. The summed E-state index contributed by atoms with van der Waals surface area (Å²) < 4.78 is 0. The monoisotopic (exact) mass is 280 g/mol. The largest absolute Gasteiger partial charge is 0.308 e. The molecule has 1 aliphatic carbocycles. The lowest BCUT2D eigenvalue weighted by Crippen LogP contribution is -2.65. The molecule has 1 spiro atoms. The number of rotatable bonds is 2. The summed E-state index contributed by atoms with van der Waals surface area (Å²) in [6.45, 7) is 9.72. The molecule has 2 saturated heterocycles. The van der Waals surface area contributed by atoms with Gasteiger partial charge in [0.2, 0.25) is 0 Å². The van der Waals surface area contributed by atoms with Gasteiger partial charge in [0.25, 0.3) is 0 Å². The van der Waals surface area contributed by atoms with Gasteiger partial charge in [0, 0.05) is 56.9 Å². The normalized spacial score (nSPS) is 36.8. The van der Waals surface area contributed by atoms with E-state index in [0.29, 0.717) is 17.6 Å². The summed E-state index contributed by atoms with van der Waals surface area (Å²) in [6, 6.07) is 1.38. The average Bonchev–Trinajstić information content (AvgIpc) is 2.87. The van der Waals surface area contributed by atoms with Crippen LogP contribution in [0.2, 0.25) is 0 Å². The highest BCUT2D eigenvalue weighted by atomic mass is 15.3. The van der Waals surface area contributed by atoms with Crippen molar-refractivity contribution in [2.75, 3.05) is 53.4 Å². The van der Waals surface area contributed by atoms with E-state index >= 15 is 0 Å². The Morgan fingerprint density at radius 1 is 1.15 bits per heavy atom. The van der Waals surface area contributed by atoms with Crippen LogP contribution in [0.3, 0.4) is 0 Å². The first-order valence-corrected chi connectivity index (χ1v) is 8.46. The highest BCUT2D eigenvalue weighted by molar-refractivity contribution is 5.01. The highest BCUT2D eigenvalue weighted by Crippen LogP contribution is 2.33. The van der Waals surface area contributed by atoms with Crippen LogP contribution in [0.4, 0.5) is 0 Å². The van der Waals surface area contributed by atoms with Crippen molar-refractivity contribution in [2.24, 2.45) is 0 Å². The van der Waals surface area contributed by atoms with Gasteiger partial charge < -0.3 is 10.2 Å². The smallest absolute Gasteiger partial charge is 0.0347 e. The fourth-order valence-electron chi connectivity index (χ4n) is 4.29. The Kier molecular flexibility index (Phi) is 4.37. The summed E-state index contributed by atoms with van der Waals surface area (Å²) in [7, 11) is 4.56. The molecule has 0 aromatic rings. The third-order valence-electron chi connectivity index (χ3n) is 5.89. The molecule has 2 unspecified atom stereocenters. The zero-order chi connectivity index (χ0) is 14.2. The van der Waals surface area contributed by atoms with Gasteiger partial charge in [-0.15, -0.1) is 0 Å². The molecule has 1 N–H and O–H groups in total. The summed E-state index contributed by atoms with van der Waals surface area (Å²) in [5, 5.41) is 3.87. The van der Waals surface area contributed by atoms with E-state index in [2.05, 4.69) is 41.0 Å². The first-order chi connectivity index (χ1) is 9.58. The number of hydrogen-bond acceptors (Lipinski definition) is 4. The summed E-state index contributed by atoms with van der Waals surface area (Å²) in [5.74, 6) is 0. The first kappa shape index (κ1) is 14.8. The summed E-state index contributed by atoms with van der Waals surface area (Å²) >= 11 is 0. The van der Waals surface area contributed by atoms with E-state index < -0.39 is 0 Å².